The highest BCUT2D eigenvalue weighted by atomic mass is 16.5. The van der Waals surface area contributed by atoms with Crippen LogP contribution in [0.1, 0.15) is 49.9 Å². The van der Waals surface area contributed by atoms with Gasteiger partial charge in [0.15, 0.2) is 0 Å². The fourth-order valence-corrected chi connectivity index (χ4v) is 6.72. The van der Waals surface area contributed by atoms with Crippen molar-refractivity contribution in [3.05, 3.63) is 65.9 Å². The number of ether oxygens (including phenoxy) is 1. The van der Waals surface area contributed by atoms with Crippen LogP contribution in [0.2, 0.25) is 0 Å². The van der Waals surface area contributed by atoms with Crippen molar-refractivity contribution in [3.8, 4) is 12.1 Å². The molecule has 0 spiro atoms. The third-order valence-electron chi connectivity index (χ3n) is 9.63. The summed E-state index contributed by atoms with van der Waals surface area (Å²) in [5, 5.41) is 12.1. The molecule has 3 heterocycles. The lowest BCUT2D eigenvalue weighted by Crippen LogP contribution is -2.55. The predicted molar refractivity (Wildman–Crippen MR) is 174 cm³/mol. The maximum Gasteiger partial charge on any atom is 0.318 e. The number of piperazine rings is 1. The fraction of sp³-hybridized carbons (Fsp3) is 0.486. The van der Waals surface area contributed by atoms with Gasteiger partial charge in [-0.3, -0.25) is 9.69 Å². The van der Waals surface area contributed by atoms with Crippen LogP contribution in [0, 0.1) is 18.3 Å². The minimum absolute atomic E-state index is 0.137. The average molecular weight is 594 g/mol. The number of carbonyl (C=O) groups is 1. The van der Waals surface area contributed by atoms with Crippen LogP contribution >= 0.6 is 0 Å². The van der Waals surface area contributed by atoms with E-state index >= 15 is 0 Å². The van der Waals surface area contributed by atoms with Gasteiger partial charge in [0.2, 0.25) is 5.91 Å². The number of carbonyl (C=O) groups excluding carboxylic acids is 1. The van der Waals surface area contributed by atoms with E-state index in [1.54, 1.807) is 4.90 Å². The highest BCUT2D eigenvalue weighted by Crippen LogP contribution is 2.36. The van der Waals surface area contributed by atoms with Gasteiger partial charge >= 0.3 is 6.01 Å². The van der Waals surface area contributed by atoms with Crippen molar-refractivity contribution in [1.29, 1.82) is 5.26 Å². The Labute approximate surface area is 260 Å². The van der Waals surface area contributed by atoms with E-state index in [4.69, 9.17) is 14.7 Å². The summed E-state index contributed by atoms with van der Waals surface area (Å²) in [7, 11) is 2.17. The molecule has 44 heavy (non-hydrogen) atoms. The van der Waals surface area contributed by atoms with Crippen LogP contribution in [-0.2, 0) is 17.8 Å². The van der Waals surface area contributed by atoms with Gasteiger partial charge in [0.25, 0.3) is 0 Å². The van der Waals surface area contributed by atoms with Crippen molar-refractivity contribution in [2.45, 2.75) is 70.6 Å². The van der Waals surface area contributed by atoms with Crippen LogP contribution in [-0.4, -0.2) is 83.1 Å². The first-order valence-electron chi connectivity index (χ1n) is 15.7. The number of rotatable bonds is 9. The molecule has 1 saturated carbocycles. The Hall–Kier alpha value is -4.16. The van der Waals surface area contributed by atoms with Gasteiger partial charge in [-0.15, -0.1) is 0 Å². The zero-order valence-corrected chi connectivity index (χ0v) is 26.4. The topological polar surface area (TPSA) is 88.8 Å². The zero-order valence-electron chi connectivity index (χ0n) is 26.4. The number of aromatic nitrogens is 2. The second-order valence-electron chi connectivity index (χ2n) is 13.0. The first kappa shape index (κ1) is 29.9. The summed E-state index contributed by atoms with van der Waals surface area (Å²) in [6, 6.07) is 16.0. The monoisotopic (exact) mass is 593 g/mol. The number of nitrogens with zero attached hydrogens (tertiary/aromatic N) is 7. The maximum atomic E-state index is 12.6. The molecule has 0 N–H and O–H groups in total. The number of aryl methyl sites for hydroxylation is 1. The second kappa shape index (κ2) is 12.1. The Balaban J connectivity index is 1.34. The highest BCUT2D eigenvalue weighted by molar-refractivity contribution is 5.97. The molecule has 1 aromatic heterocycles. The van der Waals surface area contributed by atoms with Crippen molar-refractivity contribution in [3.63, 3.8) is 0 Å². The number of anilines is 2. The van der Waals surface area contributed by atoms with Gasteiger partial charge in [-0.2, -0.15) is 15.2 Å². The van der Waals surface area contributed by atoms with E-state index in [0.29, 0.717) is 44.8 Å². The molecule has 2 fully saturated rings. The molecule has 2 aliphatic heterocycles. The Morgan fingerprint density at radius 3 is 2.66 bits per heavy atom. The molecule has 9 heteroatoms. The number of benzene rings is 2. The van der Waals surface area contributed by atoms with Gasteiger partial charge in [-0.05, 0) is 70.2 Å². The van der Waals surface area contributed by atoms with E-state index in [1.165, 1.54) is 40.9 Å². The summed E-state index contributed by atoms with van der Waals surface area (Å²) < 4.78 is 6.41. The quantitative estimate of drug-likeness (QED) is 0.325. The lowest BCUT2D eigenvalue weighted by molar-refractivity contribution is -0.128. The van der Waals surface area contributed by atoms with Crippen LogP contribution in [0.3, 0.4) is 0 Å². The van der Waals surface area contributed by atoms with Gasteiger partial charge in [0.1, 0.15) is 12.4 Å². The number of hydrogen-bond acceptors (Lipinski definition) is 8. The molecule has 1 aliphatic carbocycles. The minimum Gasteiger partial charge on any atom is -0.461 e. The lowest BCUT2D eigenvalue weighted by Gasteiger charge is -2.42. The molecule has 2 aromatic carbocycles. The molecule has 3 aromatic rings. The zero-order chi connectivity index (χ0) is 31.0. The van der Waals surface area contributed by atoms with Gasteiger partial charge in [-0.25, -0.2) is 0 Å². The first-order valence-corrected chi connectivity index (χ1v) is 15.7. The van der Waals surface area contributed by atoms with E-state index in [-0.39, 0.29) is 23.9 Å². The predicted octanol–water partition coefficient (Wildman–Crippen LogP) is 4.87. The van der Waals surface area contributed by atoms with Crippen molar-refractivity contribution >= 4 is 28.2 Å². The molecule has 0 radical (unpaired) electrons. The fourth-order valence-electron chi connectivity index (χ4n) is 6.72. The molecule has 3 aliphatic rings. The van der Waals surface area contributed by atoms with Crippen molar-refractivity contribution < 1.29 is 9.53 Å². The number of likely N-dealkylation sites (N-methyl/N-ethyl adjacent to an activating group) is 1. The molecule has 1 unspecified atom stereocenters. The number of nitriles is 1. The Morgan fingerprint density at radius 1 is 1.16 bits per heavy atom. The standard InChI is InChI=1S/C35H43N7O2/c1-6-31(43)42-20-19-41(21-27(42)15-17-36)33-28-16-18-40(30-12-8-11-25-10-7-9-24(2)32(25)30)22-29(28)37-34(38-33)44-23-35(3,4)39(5)26-13-14-26/h6-12,26-27H,1,13-16,18-23H2,2-5H3. The molecule has 1 amide bonds. The average Bonchev–Trinajstić information content (AvgIpc) is 3.88. The summed E-state index contributed by atoms with van der Waals surface area (Å²) in [6.45, 7) is 13.9. The Morgan fingerprint density at radius 2 is 1.93 bits per heavy atom. The Bertz CT molecular complexity index is 1600. The molecule has 230 valence electrons. The Kier molecular flexibility index (Phi) is 8.21. The molecule has 9 nitrogen and oxygen atoms in total. The molecule has 6 rings (SSSR count). The van der Waals surface area contributed by atoms with Gasteiger partial charge in [0, 0.05) is 54.4 Å². The van der Waals surface area contributed by atoms with E-state index in [0.717, 1.165) is 30.0 Å². The van der Waals surface area contributed by atoms with Gasteiger partial charge in [-0.1, -0.05) is 36.9 Å². The van der Waals surface area contributed by atoms with Crippen molar-refractivity contribution in [1.82, 2.24) is 19.8 Å². The van der Waals surface area contributed by atoms with Crippen LogP contribution in [0.15, 0.2) is 49.1 Å². The number of fused-ring (bicyclic) bond motifs is 2. The van der Waals surface area contributed by atoms with E-state index in [1.807, 2.05) is 0 Å². The summed E-state index contributed by atoms with van der Waals surface area (Å²) >= 11 is 0. The summed E-state index contributed by atoms with van der Waals surface area (Å²) in [6.07, 6.45) is 4.84. The van der Waals surface area contributed by atoms with E-state index < -0.39 is 0 Å². The van der Waals surface area contributed by atoms with Crippen LogP contribution in [0.4, 0.5) is 11.5 Å². The largest absolute Gasteiger partial charge is 0.461 e. The minimum atomic E-state index is -0.237. The molecule has 1 atom stereocenters. The summed E-state index contributed by atoms with van der Waals surface area (Å²) in [5.41, 5.74) is 4.40. The highest BCUT2D eigenvalue weighted by Gasteiger charge is 2.37. The number of hydrogen-bond donors (Lipinski definition) is 0. The van der Waals surface area contributed by atoms with Gasteiger partial charge < -0.3 is 19.4 Å². The lowest BCUT2D eigenvalue weighted by atomic mass is 9.99. The van der Waals surface area contributed by atoms with Crippen LogP contribution in [0.25, 0.3) is 10.8 Å². The van der Waals surface area contributed by atoms with Crippen LogP contribution < -0.4 is 14.5 Å². The van der Waals surface area contributed by atoms with Crippen molar-refractivity contribution in [2.75, 3.05) is 49.6 Å². The summed E-state index contributed by atoms with van der Waals surface area (Å²) in [4.78, 5) is 31.4. The molecule has 0 bridgehead atoms. The van der Waals surface area contributed by atoms with E-state index in [9.17, 15) is 10.1 Å². The van der Waals surface area contributed by atoms with E-state index in [2.05, 4.69) is 91.6 Å². The van der Waals surface area contributed by atoms with Crippen molar-refractivity contribution in [2.24, 2.45) is 0 Å². The van der Waals surface area contributed by atoms with Gasteiger partial charge in [0.05, 0.1) is 30.8 Å². The molecular formula is C35H43N7O2. The third kappa shape index (κ3) is 5.83. The normalized spacial score (nSPS) is 18.7. The SMILES string of the molecule is C=CC(=O)N1CCN(c2nc(OCC(C)(C)N(C)C3CC3)nc3c2CCN(c2cccc4cccc(C)c24)C3)CC1CC#N. The number of amides is 1. The third-order valence-corrected chi connectivity index (χ3v) is 9.63. The molecule has 1 saturated heterocycles. The first-order chi connectivity index (χ1) is 21.2. The second-order valence-corrected chi connectivity index (χ2v) is 13.0. The maximum absolute atomic E-state index is 12.6. The van der Waals surface area contributed by atoms with Crippen LogP contribution in [0.5, 0.6) is 6.01 Å². The molecular weight excluding hydrogens is 550 g/mol. The smallest absolute Gasteiger partial charge is 0.318 e. The summed E-state index contributed by atoms with van der Waals surface area (Å²) in [5.74, 6) is 0.724.